The number of esters is 1. The highest BCUT2D eigenvalue weighted by Crippen LogP contribution is 2.23. The van der Waals surface area contributed by atoms with E-state index in [9.17, 15) is 13.2 Å². The largest absolute Gasteiger partial charge is 0.465 e. The van der Waals surface area contributed by atoms with E-state index in [-0.39, 0.29) is 22.0 Å². The number of nitrogens with zero attached hydrogens (tertiary/aromatic N) is 2. The molecule has 1 aromatic carbocycles. The van der Waals surface area contributed by atoms with Crippen molar-refractivity contribution in [3.8, 4) is 0 Å². The average molecular weight is 410 g/mol. The number of methoxy groups -OCH3 is 1. The number of hydrogen-bond donors (Lipinski definition) is 1. The van der Waals surface area contributed by atoms with Crippen LogP contribution in [-0.2, 0) is 21.3 Å². The molecular formula is C18H20ClN3O4S. The first kappa shape index (κ1) is 19.6. The number of sulfonamides is 1. The van der Waals surface area contributed by atoms with Crippen LogP contribution in [0.1, 0.15) is 28.8 Å². The molecule has 0 aliphatic carbocycles. The third kappa shape index (κ3) is 4.58. The fourth-order valence-electron chi connectivity index (χ4n) is 2.86. The first-order chi connectivity index (χ1) is 12.9. The lowest BCUT2D eigenvalue weighted by Gasteiger charge is -2.16. The molecule has 144 valence electrons. The number of anilines is 1. The maximum Gasteiger partial charge on any atom is 0.337 e. The fraction of sp³-hybridized carbons (Fsp3) is 0.333. The van der Waals surface area contributed by atoms with Gasteiger partial charge in [0.15, 0.2) is 0 Å². The van der Waals surface area contributed by atoms with Crippen LogP contribution in [-0.4, -0.2) is 39.6 Å². The van der Waals surface area contributed by atoms with Gasteiger partial charge in [-0.25, -0.2) is 22.9 Å². The summed E-state index contributed by atoms with van der Waals surface area (Å²) in [6.45, 7) is 2.05. The Labute approximate surface area is 163 Å². The van der Waals surface area contributed by atoms with E-state index in [0.29, 0.717) is 0 Å². The van der Waals surface area contributed by atoms with E-state index in [0.717, 1.165) is 37.3 Å². The molecule has 9 heteroatoms. The van der Waals surface area contributed by atoms with E-state index in [4.69, 9.17) is 11.6 Å². The number of halogens is 1. The summed E-state index contributed by atoms with van der Waals surface area (Å²) in [7, 11) is -2.68. The second-order valence-electron chi connectivity index (χ2n) is 6.18. The number of carbonyl (C=O) groups is 1. The Morgan fingerprint density at radius 1 is 1.26 bits per heavy atom. The van der Waals surface area contributed by atoms with Gasteiger partial charge in [0.25, 0.3) is 0 Å². The molecule has 1 aliphatic rings. The van der Waals surface area contributed by atoms with Crippen molar-refractivity contribution >= 4 is 33.4 Å². The van der Waals surface area contributed by atoms with Gasteiger partial charge in [-0.3, -0.25) is 0 Å². The molecule has 1 saturated heterocycles. The fourth-order valence-corrected chi connectivity index (χ4v) is 4.41. The van der Waals surface area contributed by atoms with E-state index in [1.807, 2.05) is 12.1 Å². The van der Waals surface area contributed by atoms with E-state index < -0.39 is 16.0 Å². The van der Waals surface area contributed by atoms with Crippen LogP contribution in [0.25, 0.3) is 0 Å². The molecule has 2 heterocycles. The molecule has 27 heavy (non-hydrogen) atoms. The van der Waals surface area contributed by atoms with Crippen LogP contribution in [0.5, 0.6) is 0 Å². The highest BCUT2D eigenvalue weighted by Gasteiger charge is 2.20. The maximum absolute atomic E-state index is 12.6. The number of aromatic nitrogens is 1. The molecule has 1 aromatic heterocycles. The van der Waals surface area contributed by atoms with Gasteiger partial charge >= 0.3 is 5.97 Å². The lowest BCUT2D eigenvalue weighted by atomic mass is 10.2. The Bertz CT molecular complexity index is 926. The van der Waals surface area contributed by atoms with Crippen molar-refractivity contribution in [1.82, 2.24) is 9.71 Å². The molecule has 1 aliphatic heterocycles. The Morgan fingerprint density at radius 3 is 2.63 bits per heavy atom. The van der Waals surface area contributed by atoms with Crippen molar-refractivity contribution in [3.63, 3.8) is 0 Å². The molecule has 0 unspecified atom stereocenters. The Kier molecular flexibility index (Phi) is 5.98. The molecule has 1 fully saturated rings. The predicted molar refractivity (Wildman–Crippen MR) is 103 cm³/mol. The van der Waals surface area contributed by atoms with Crippen molar-refractivity contribution in [2.45, 2.75) is 24.3 Å². The molecule has 2 aromatic rings. The smallest absolute Gasteiger partial charge is 0.337 e. The molecule has 0 spiro atoms. The van der Waals surface area contributed by atoms with Crippen LogP contribution >= 0.6 is 11.6 Å². The van der Waals surface area contributed by atoms with Gasteiger partial charge in [-0.2, -0.15) is 0 Å². The molecule has 3 rings (SSSR count). The standard InChI is InChI=1S/C18H20ClN3O4S/c1-26-18(23)14-5-6-15(19)16(10-14)27(24,25)21-12-13-4-7-17(20-11-13)22-8-2-3-9-22/h4-7,10-11,21H,2-3,8-9,12H2,1H3. The highest BCUT2D eigenvalue weighted by atomic mass is 35.5. The number of nitrogens with one attached hydrogen (secondary N) is 1. The number of benzene rings is 1. The van der Waals surface area contributed by atoms with Crippen LogP contribution < -0.4 is 9.62 Å². The van der Waals surface area contributed by atoms with Crippen LogP contribution in [0.15, 0.2) is 41.4 Å². The van der Waals surface area contributed by atoms with Crippen molar-refractivity contribution in [2.75, 3.05) is 25.1 Å². The van der Waals surface area contributed by atoms with Crippen molar-refractivity contribution in [1.29, 1.82) is 0 Å². The predicted octanol–water partition coefficient (Wildman–Crippen LogP) is 2.60. The van der Waals surface area contributed by atoms with Crippen LogP contribution in [0.2, 0.25) is 5.02 Å². The van der Waals surface area contributed by atoms with E-state index >= 15 is 0 Å². The first-order valence-electron chi connectivity index (χ1n) is 8.48. The van der Waals surface area contributed by atoms with Gasteiger partial charge in [-0.05, 0) is 42.7 Å². The number of pyridine rings is 1. The van der Waals surface area contributed by atoms with E-state index in [1.165, 1.54) is 25.3 Å². The van der Waals surface area contributed by atoms with Crippen LogP contribution in [0.4, 0.5) is 5.82 Å². The van der Waals surface area contributed by atoms with Gasteiger partial charge in [0.2, 0.25) is 10.0 Å². The lowest BCUT2D eigenvalue weighted by molar-refractivity contribution is 0.0600. The molecule has 1 N–H and O–H groups in total. The van der Waals surface area contributed by atoms with E-state index in [1.54, 1.807) is 6.20 Å². The highest BCUT2D eigenvalue weighted by molar-refractivity contribution is 7.89. The number of rotatable bonds is 6. The minimum Gasteiger partial charge on any atom is -0.465 e. The zero-order valence-electron chi connectivity index (χ0n) is 14.8. The third-order valence-corrected chi connectivity index (χ3v) is 6.23. The molecular weight excluding hydrogens is 390 g/mol. The van der Waals surface area contributed by atoms with Crippen LogP contribution in [0.3, 0.4) is 0 Å². The van der Waals surface area contributed by atoms with Crippen molar-refractivity contribution in [2.24, 2.45) is 0 Å². The number of carbonyl (C=O) groups excluding carboxylic acids is 1. The Morgan fingerprint density at radius 2 is 2.00 bits per heavy atom. The van der Waals surface area contributed by atoms with E-state index in [2.05, 4.69) is 19.3 Å². The summed E-state index contributed by atoms with van der Waals surface area (Å²) < 4.78 is 32.3. The summed E-state index contributed by atoms with van der Waals surface area (Å²) >= 11 is 6.01. The van der Waals surface area contributed by atoms with Crippen molar-refractivity contribution < 1.29 is 17.9 Å². The first-order valence-corrected chi connectivity index (χ1v) is 10.3. The second kappa shape index (κ2) is 8.24. The van der Waals surface area contributed by atoms with Crippen LogP contribution in [0, 0.1) is 0 Å². The Hall–Kier alpha value is -2.16. The lowest BCUT2D eigenvalue weighted by Crippen LogP contribution is -2.24. The Balaban J connectivity index is 1.72. The topological polar surface area (TPSA) is 88.6 Å². The zero-order valence-corrected chi connectivity index (χ0v) is 16.4. The summed E-state index contributed by atoms with van der Waals surface area (Å²) in [6, 6.07) is 7.70. The average Bonchev–Trinajstić information content (AvgIpc) is 3.21. The van der Waals surface area contributed by atoms with Gasteiger partial charge in [0.05, 0.1) is 17.7 Å². The SMILES string of the molecule is COC(=O)c1ccc(Cl)c(S(=O)(=O)NCc2ccc(N3CCCC3)nc2)c1. The quantitative estimate of drug-likeness (QED) is 0.738. The summed E-state index contributed by atoms with van der Waals surface area (Å²) in [5.41, 5.74) is 0.834. The van der Waals surface area contributed by atoms with Gasteiger partial charge < -0.3 is 9.64 Å². The maximum atomic E-state index is 12.6. The number of hydrogen-bond acceptors (Lipinski definition) is 6. The summed E-state index contributed by atoms with van der Waals surface area (Å²) in [5, 5.41) is 0.0256. The molecule has 0 radical (unpaired) electrons. The zero-order chi connectivity index (χ0) is 19.4. The minimum atomic E-state index is -3.91. The molecule has 0 bridgehead atoms. The normalized spacial score (nSPS) is 14.4. The second-order valence-corrected chi connectivity index (χ2v) is 8.32. The molecule has 0 amide bonds. The van der Waals surface area contributed by atoms with Gasteiger partial charge in [0.1, 0.15) is 10.7 Å². The summed E-state index contributed by atoms with van der Waals surface area (Å²) in [4.78, 5) is 18.1. The van der Waals surface area contributed by atoms with Gasteiger partial charge in [0, 0.05) is 25.8 Å². The molecule has 0 saturated carbocycles. The van der Waals surface area contributed by atoms with Crippen molar-refractivity contribution in [3.05, 3.63) is 52.7 Å². The monoisotopic (exact) mass is 409 g/mol. The molecule has 7 nitrogen and oxygen atoms in total. The van der Waals surface area contributed by atoms with Gasteiger partial charge in [-0.1, -0.05) is 17.7 Å². The minimum absolute atomic E-state index is 0.0256. The summed E-state index contributed by atoms with van der Waals surface area (Å²) in [6.07, 6.45) is 3.98. The molecule has 0 atom stereocenters. The van der Waals surface area contributed by atoms with Gasteiger partial charge in [-0.15, -0.1) is 0 Å². The summed E-state index contributed by atoms with van der Waals surface area (Å²) in [5.74, 6) is 0.262. The third-order valence-electron chi connectivity index (χ3n) is 4.35. The number of ether oxygens (including phenoxy) is 1.